The number of likely N-dealkylation sites (N-methyl/N-ethyl adjacent to an activating group) is 1. The number of carbonyl (C=O) groups is 1. The highest BCUT2D eigenvalue weighted by Crippen LogP contribution is 2.01. The lowest BCUT2D eigenvalue weighted by Gasteiger charge is -2.26. The van der Waals surface area contributed by atoms with E-state index < -0.39 is 5.60 Å². The molecule has 13 heavy (non-hydrogen) atoms. The average Bonchev–Trinajstić information content (AvgIpc) is 1.98. The van der Waals surface area contributed by atoms with Crippen LogP contribution in [0, 0.1) is 0 Å². The van der Waals surface area contributed by atoms with Crippen LogP contribution in [-0.2, 0) is 4.79 Å². The Balaban J connectivity index is 3.81. The first-order valence-electron chi connectivity index (χ1n) is 4.21. The molecule has 1 atom stereocenters. The average molecular weight is 189 g/mol. The summed E-state index contributed by atoms with van der Waals surface area (Å²) in [6, 6.07) is 0. The minimum Gasteiger partial charge on any atom is -0.387 e. The van der Waals surface area contributed by atoms with Crippen molar-refractivity contribution in [3.8, 4) is 0 Å². The maximum Gasteiger partial charge on any atom is 0.233 e. The van der Waals surface area contributed by atoms with Crippen LogP contribution < -0.4 is 11.1 Å². The Morgan fingerprint density at radius 2 is 2.15 bits per heavy atom. The molecule has 0 radical (unpaired) electrons. The van der Waals surface area contributed by atoms with Crippen LogP contribution in [0.4, 0.5) is 0 Å². The maximum absolute atomic E-state index is 10.8. The van der Waals surface area contributed by atoms with Crippen LogP contribution in [0.1, 0.15) is 6.92 Å². The van der Waals surface area contributed by atoms with Crippen molar-refractivity contribution in [2.24, 2.45) is 5.73 Å². The van der Waals surface area contributed by atoms with E-state index >= 15 is 0 Å². The highest BCUT2D eigenvalue weighted by atomic mass is 16.3. The lowest BCUT2D eigenvalue weighted by molar-refractivity contribution is -0.121. The molecule has 0 saturated heterocycles. The predicted molar refractivity (Wildman–Crippen MR) is 51.2 cm³/mol. The number of nitrogens with two attached hydrogens (primary N) is 1. The quantitative estimate of drug-likeness (QED) is 0.485. The lowest BCUT2D eigenvalue weighted by atomic mass is 10.1. The summed E-state index contributed by atoms with van der Waals surface area (Å²) < 4.78 is 0. The van der Waals surface area contributed by atoms with E-state index in [0.717, 1.165) is 0 Å². The molecule has 4 N–H and O–H groups in total. The van der Waals surface area contributed by atoms with E-state index in [-0.39, 0.29) is 19.0 Å². The fraction of sp³-hybridized carbons (Fsp3) is 0.875. The molecule has 0 aliphatic heterocycles. The van der Waals surface area contributed by atoms with E-state index in [0.29, 0.717) is 6.54 Å². The molecule has 0 aliphatic rings. The van der Waals surface area contributed by atoms with Crippen LogP contribution in [0.2, 0.25) is 0 Å². The van der Waals surface area contributed by atoms with Gasteiger partial charge >= 0.3 is 0 Å². The number of hydrogen-bond acceptors (Lipinski definition) is 4. The Labute approximate surface area is 78.9 Å². The molecule has 0 rings (SSSR count). The zero-order chi connectivity index (χ0) is 10.5. The van der Waals surface area contributed by atoms with E-state index in [2.05, 4.69) is 5.32 Å². The van der Waals surface area contributed by atoms with Crippen LogP contribution in [0.5, 0.6) is 0 Å². The van der Waals surface area contributed by atoms with Gasteiger partial charge in [0.2, 0.25) is 5.91 Å². The molecule has 0 saturated carbocycles. The molecule has 5 nitrogen and oxygen atoms in total. The monoisotopic (exact) mass is 189 g/mol. The normalized spacial score (nSPS) is 15.5. The second-order valence-corrected chi connectivity index (χ2v) is 3.72. The van der Waals surface area contributed by atoms with Gasteiger partial charge in [-0.2, -0.15) is 0 Å². The van der Waals surface area contributed by atoms with Gasteiger partial charge in [-0.05, 0) is 21.0 Å². The van der Waals surface area contributed by atoms with Crippen LogP contribution in [0.3, 0.4) is 0 Å². The van der Waals surface area contributed by atoms with Crippen LogP contribution in [0.15, 0.2) is 0 Å². The van der Waals surface area contributed by atoms with E-state index in [9.17, 15) is 9.90 Å². The number of carbonyl (C=O) groups excluding carboxylic acids is 1. The standard InChI is InChI=1S/C8H19N3O2/c1-8(13,6-11(2)3)5-10-7(12)4-9/h13H,4-6,9H2,1-3H3,(H,10,12). The molecule has 1 unspecified atom stereocenters. The van der Waals surface area contributed by atoms with Gasteiger partial charge < -0.3 is 21.1 Å². The summed E-state index contributed by atoms with van der Waals surface area (Å²) in [5.41, 5.74) is 4.19. The van der Waals surface area contributed by atoms with Gasteiger partial charge in [-0.1, -0.05) is 0 Å². The maximum atomic E-state index is 10.8. The van der Waals surface area contributed by atoms with E-state index in [4.69, 9.17) is 5.73 Å². The molecule has 0 fully saturated rings. The first-order chi connectivity index (χ1) is 5.87. The summed E-state index contributed by atoms with van der Waals surface area (Å²) in [6.07, 6.45) is 0. The van der Waals surface area contributed by atoms with Crippen molar-refractivity contribution in [1.29, 1.82) is 0 Å². The van der Waals surface area contributed by atoms with Crippen molar-refractivity contribution in [3.63, 3.8) is 0 Å². The third kappa shape index (κ3) is 6.51. The molecule has 78 valence electrons. The summed E-state index contributed by atoms with van der Waals surface area (Å²) in [7, 11) is 3.72. The van der Waals surface area contributed by atoms with Gasteiger partial charge in [-0.25, -0.2) is 0 Å². The molecular formula is C8H19N3O2. The molecule has 0 aromatic heterocycles. The topological polar surface area (TPSA) is 78.6 Å². The minimum absolute atomic E-state index is 0.0436. The molecule has 5 heteroatoms. The molecule has 0 aromatic carbocycles. The van der Waals surface area contributed by atoms with E-state index in [1.807, 2.05) is 19.0 Å². The Kier molecular flexibility index (Phi) is 4.90. The van der Waals surface area contributed by atoms with Crippen molar-refractivity contribution in [3.05, 3.63) is 0 Å². The molecule has 0 spiro atoms. The zero-order valence-corrected chi connectivity index (χ0v) is 8.50. The Morgan fingerprint density at radius 1 is 1.62 bits per heavy atom. The van der Waals surface area contributed by atoms with Crippen molar-refractivity contribution >= 4 is 5.91 Å². The predicted octanol–water partition coefficient (Wildman–Crippen LogP) is -1.63. The fourth-order valence-electron chi connectivity index (χ4n) is 1.10. The SMILES string of the molecule is CN(C)CC(C)(O)CNC(=O)CN. The van der Waals surface area contributed by atoms with Gasteiger partial charge in [0.25, 0.3) is 0 Å². The number of amides is 1. The Bertz CT molecular complexity index is 169. The zero-order valence-electron chi connectivity index (χ0n) is 8.50. The number of nitrogens with zero attached hydrogens (tertiary/aromatic N) is 1. The molecule has 0 bridgehead atoms. The molecule has 0 heterocycles. The molecule has 0 aliphatic carbocycles. The van der Waals surface area contributed by atoms with Crippen molar-refractivity contribution in [1.82, 2.24) is 10.2 Å². The number of rotatable bonds is 5. The Hall–Kier alpha value is -0.650. The molecular weight excluding hydrogens is 170 g/mol. The number of aliphatic hydroxyl groups is 1. The minimum atomic E-state index is -0.908. The third-order valence-corrected chi connectivity index (χ3v) is 1.51. The van der Waals surface area contributed by atoms with E-state index in [1.54, 1.807) is 6.92 Å². The fourth-order valence-corrected chi connectivity index (χ4v) is 1.10. The van der Waals surface area contributed by atoms with Gasteiger partial charge in [0.1, 0.15) is 0 Å². The largest absolute Gasteiger partial charge is 0.387 e. The van der Waals surface area contributed by atoms with Crippen molar-refractivity contribution < 1.29 is 9.90 Å². The summed E-state index contributed by atoms with van der Waals surface area (Å²) >= 11 is 0. The lowest BCUT2D eigenvalue weighted by Crippen LogP contribution is -2.48. The third-order valence-electron chi connectivity index (χ3n) is 1.51. The van der Waals surface area contributed by atoms with Crippen LogP contribution >= 0.6 is 0 Å². The highest BCUT2D eigenvalue weighted by molar-refractivity contribution is 5.77. The summed E-state index contributed by atoms with van der Waals surface area (Å²) in [5, 5.41) is 12.3. The number of hydrogen-bond donors (Lipinski definition) is 3. The van der Waals surface area contributed by atoms with Crippen LogP contribution in [-0.4, -0.2) is 55.2 Å². The van der Waals surface area contributed by atoms with Gasteiger partial charge in [-0.15, -0.1) is 0 Å². The molecule has 1 amide bonds. The second kappa shape index (κ2) is 5.16. The molecule has 0 aromatic rings. The van der Waals surface area contributed by atoms with Gasteiger partial charge in [0.15, 0.2) is 0 Å². The van der Waals surface area contributed by atoms with E-state index in [1.165, 1.54) is 0 Å². The van der Waals surface area contributed by atoms with Gasteiger partial charge in [0.05, 0.1) is 12.1 Å². The van der Waals surface area contributed by atoms with Gasteiger partial charge in [0, 0.05) is 13.1 Å². The Morgan fingerprint density at radius 3 is 2.54 bits per heavy atom. The summed E-state index contributed by atoms with van der Waals surface area (Å²) in [6.45, 7) is 2.35. The number of nitrogens with one attached hydrogen (secondary N) is 1. The summed E-state index contributed by atoms with van der Waals surface area (Å²) in [4.78, 5) is 12.6. The first kappa shape index (κ1) is 12.3. The van der Waals surface area contributed by atoms with Gasteiger partial charge in [-0.3, -0.25) is 4.79 Å². The second-order valence-electron chi connectivity index (χ2n) is 3.72. The van der Waals surface area contributed by atoms with Crippen LogP contribution in [0.25, 0.3) is 0 Å². The highest BCUT2D eigenvalue weighted by Gasteiger charge is 2.21. The van der Waals surface area contributed by atoms with Crippen molar-refractivity contribution in [2.75, 3.05) is 33.7 Å². The van der Waals surface area contributed by atoms with Crippen molar-refractivity contribution in [2.45, 2.75) is 12.5 Å². The smallest absolute Gasteiger partial charge is 0.233 e. The first-order valence-corrected chi connectivity index (χ1v) is 4.21. The summed E-state index contributed by atoms with van der Waals surface area (Å²) in [5.74, 6) is -0.251.